The largest absolute Gasteiger partial charge is 0.344 e. The second kappa shape index (κ2) is 26.0. The summed E-state index contributed by atoms with van der Waals surface area (Å²) in [5.41, 5.74) is 0.0660. The van der Waals surface area contributed by atoms with Crippen LogP contribution in [0.15, 0.2) is 0 Å². The Balaban J connectivity index is 0. The third-order valence-corrected chi connectivity index (χ3v) is 13.2. The molecule has 0 radical (unpaired) electrons. The minimum Gasteiger partial charge on any atom is -0.344 e. The van der Waals surface area contributed by atoms with E-state index in [1.807, 2.05) is 0 Å². The van der Waals surface area contributed by atoms with E-state index in [9.17, 15) is 18.9 Å². The fraction of sp³-hybridized carbons (Fsp3) is 1.00. The molecule has 5 unspecified atom stereocenters. The molecule has 0 rings (SSSR count). The van der Waals surface area contributed by atoms with Crippen molar-refractivity contribution in [1.29, 1.82) is 0 Å². The summed E-state index contributed by atoms with van der Waals surface area (Å²) in [6.45, 7) is 17.5. The quantitative estimate of drug-likeness (QED) is 0.0809. The molecule has 0 aromatic heterocycles. The highest BCUT2D eigenvalue weighted by molar-refractivity contribution is 7.59. The monoisotopic (exact) mass is 596 g/mol. The van der Waals surface area contributed by atoms with Gasteiger partial charge in [0.05, 0.1) is 12.8 Å². The van der Waals surface area contributed by atoms with Crippen LogP contribution in [0.5, 0.6) is 0 Å². The maximum atomic E-state index is 12.8. The van der Waals surface area contributed by atoms with E-state index in [1.165, 1.54) is 38.5 Å². The molecule has 0 aromatic carbocycles. The summed E-state index contributed by atoms with van der Waals surface area (Å²) in [6.07, 6.45) is 19.6. The molecule has 5 nitrogen and oxygen atoms in total. The summed E-state index contributed by atoms with van der Waals surface area (Å²) >= 11 is 0. The SMILES string of the molecule is CCCCC(CC)COP(=O)(O)CC(CC)CCCC.CCCCCC(CC)P(=O)(O)C(CC)CCCCC. The van der Waals surface area contributed by atoms with Crippen molar-refractivity contribution in [3.8, 4) is 0 Å². The fourth-order valence-electron chi connectivity index (χ4n) is 5.28. The van der Waals surface area contributed by atoms with Gasteiger partial charge in [0.25, 0.3) is 0 Å². The lowest BCUT2D eigenvalue weighted by Gasteiger charge is -2.29. The predicted molar refractivity (Wildman–Crippen MR) is 174 cm³/mol. The normalized spacial score (nSPS) is 17.8. The zero-order valence-corrected chi connectivity index (χ0v) is 29.3. The highest BCUT2D eigenvalue weighted by Crippen LogP contribution is 2.56. The van der Waals surface area contributed by atoms with Crippen molar-refractivity contribution in [3.63, 3.8) is 0 Å². The Labute approximate surface area is 245 Å². The van der Waals surface area contributed by atoms with Crippen LogP contribution in [0.4, 0.5) is 0 Å². The summed E-state index contributed by atoms with van der Waals surface area (Å²) in [5.74, 6) is 0.743. The van der Waals surface area contributed by atoms with Gasteiger partial charge < -0.3 is 14.3 Å². The number of hydrogen-bond donors (Lipinski definition) is 2. The van der Waals surface area contributed by atoms with Crippen molar-refractivity contribution in [2.24, 2.45) is 11.8 Å². The van der Waals surface area contributed by atoms with Crippen LogP contribution < -0.4 is 0 Å². The Kier molecular flexibility index (Phi) is 27.7. The van der Waals surface area contributed by atoms with E-state index in [4.69, 9.17) is 4.52 Å². The summed E-state index contributed by atoms with van der Waals surface area (Å²) in [4.78, 5) is 20.6. The molecule has 0 amide bonds. The van der Waals surface area contributed by atoms with Crippen molar-refractivity contribution in [2.45, 2.75) is 182 Å². The van der Waals surface area contributed by atoms with Crippen molar-refractivity contribution in [1.82, 2.24) is 0 Å². The van der Waals surface area contributed by atoms with Gasteiger partial charge in [-0.1, -0.05) is 132 Å². The van der Waals surface area contributed by atoms with Gasteiger partial charge in [0.15, 0.2) is 0 Å². The standard InChI is InChI=1S/C16H35O3P.C16H35O2P/c1-5-9-11-15(7-3)13-19-20(17,18)14-16(8-4)12-10-6-2;1-5-9-11-13-15(7-3)19(17,18)16(8-4)14-12-10-6-2/h15-16H,5-14H2,1-4H3,(H,17,18);15-16H,5-14H2,1-4H3,(H,17,18). The molecule has 0 saturated carbocycles. The van der Waals surface area contributed by atoms with Gasteiger partial charge in [-0.25, -0.2) is 0 Å². The van der Waals surface area contributed by atoms with Gasteiger partial charge >= 0.3 is 7.60 Å². The van der Waals surface area contributed by atoms with Crippen LogP contribution in [-0.2, 0) is 13.7 Å². The summed E-state index contributed by atoms with van der Waals surface area (Å²) in [5, 5.41) is 0. The van der Waals surface area contributed by atoms with Crippen molar-refractivity contribution in [3.05, 3.63) is 0 Å². The maximum absolute atomic E-state index is 12.8. The Morgan fingerprint density at radius 1 is 0.538 bits per heavy atom. The molecule has 0 bridgehead atoms. The van der Waals surface area contributed by atoms with Crippen LogP contribution in [-0.4, -0.2) is 33.9 Å². The van der Waals surface area contributed by atoms with E-state index in [0.29, 0.717) is 24.6 Å². The Morgan fingerprint density at radius 2 is 0.949 bits per heavy atom. The highest BCUT2D eigenvalue weighted by atomic mass is 31.2. The van der Waals surface area contributed by atoms with Gasteiger partial charge in [-0.2, -0.15) is 0 Å². The van der Waals surface area contributed by atoms with Crippen molar-refractivity contribution < 1.29 is 23.4 Å². The average Bonchev–Trinajstić information content (AvgIpc) is 2.91. The molecule has 2 N–H and O–H groups in total. The van der Waals surface area contributed by atoms with Gasteiger partial charge in [-0.3, -0.25) is 9.13 Å². The highest BCUT2D eigenvalue weighted by Gasteiger charge is 2.36. The molecule has 238 valence electrons. The lowest BCUT2D eigenvalue weighted by molar-refractivity contribution is 0.200. The lowest BCUT2D eigenvalue weighted by Crippen LogP contribution is -2.18. The first-order chi connectivity index (χ1) is 18.5. The van der Waals surface area contributed by atoms with Crippen LogP contribution in [0.1, 0.15) is 171 Å². The maximum Gasteiger partial charge on any atom is 0.328 e. The summed E-state index contributed by atoms with van der Waals surface area (Å²) < 4.78 is 30.4. The average molecular weight is 597 g/mol. The van der Waals surface area contributed by atoms with Crippen LogP contribution in [0.3, 0.4) is 0 Å². The molecule has 0 aromatic rings. The lowest BCUT2D eigenvalue weighted by atomic mass is 10.0. The molecule has 0 fully saturated rings. The molecule has 39 heavy (non-hydrogen) atoms. The van der Waals surface area contributed by atoms with Gasteiger partial charge in [0.2, 0.25) is 7.37 Å². The van der Waals surface area contributed by atoms with E-state index < -0.39 is 15.0 Å². The van der Waals surface area contributed by atoms with Gasteiger partial charge in [-0.05, 0) is 50.4 Å². The van der Waals surface area contributed by atoms with E-state index in [0.717, 1.165) is 77.0 Å². The smallest absolute Gasteiger partial charge is 0.328 e. The zero-order chi connectivity index (χ0) is 30.2. The molecule has 0 aliphatic rings. The van der Waals surface area contributed by atoms with Crippen molar-refractivity contribution >= 4 is 15.0 Å². The van der Waals surface area contributed by atoms with Gasteiger partial charge in [0, 0.05) is 11.3 Å². The van der Waals surface area contributed by atoms with E-state index in [-0.39, 0.29) is 11.3 Å². The minimum atomic E-state index is -3.40. The number of unbranched alkanes of at least 4 members (excludes halogenated alkanes) is 6. The zero-order valence-electron chi connectivity index (χ0n) is 27.5. The second-order valence-corrected chi connectivity index (χ2v) is 16.4. The van der Waals surface area contributed by atoms with E-state index >= 15 is 0 Å². The predicted octanol–water partition coefficient (Wildman–Crippen LogP) is 11.6. The molecular weight excluding hydrogens is 526 g/mol. The first-order valence-corrected chi connectivity index (χ1v) is 20.4. The first-order valence-electron chi connectivity index (χ1n) is 16.8. The van der Waals surface area contributed by atoms with Crippen LogP contribution in [0.2, 0.25) is 0 Å². The molecule has 0 spiro atoms. The van der Waals surface area contributed by atoms with Gasteiger partial charge in [0.1, 0.15) is 0 Å². The van der Waals surface area contributed by atoms with Crippen LogP contribution >= 0.6 is 15.0 Å². The first kappa shape index (κ1) is 41.5. The summed E-state index contributed by atoms with van der Waals surface area (Å²) in [6, 6.07) is 0. The van der Waals surface area contributed by atoms with E-state index in [1.54, 1.807) is 0 Å². The Morgan fingerprint density at radius 3 is 1.31 bits per heavy atom. The molecule has 0 aliphatic carbocycles. The third-order valence-electron chi connectivity index (χ3n) is 8.36. The molecular formula is C32H70O5P2. The third kappa shape index (κ3) is 20.8. The molecule has 7 heteroatoms. The molecule has 0 heterocycles. The molecule has 0 saturated heterocycles. The van der Waals surface area contributed by atoms with Gasteiger partial charge in [-0.15, -0.1) is 0 Å². The number of rotatable bonds is 25. The minimum absolute atomic E-state index is 0.0330. The topological polar surface area (TPSA) is 83.8 Å². The van der Waals surface area contributed by atoms with Crippen LogP contribution in [0.25, 0.3) is 0 Å². The van der Waals surface area contributed by atoms with Crippen LogP contribution in [0, 0.1) is 11.8 Å². The molecule has 0 aliphatic heterocycles. The number of hydrogen-bond acceptors (Lipinski definition) is 3. The Bertz CT molecular complexity index is 606. The van der Waals surface area contributed by atoms with Crippen molar-refractivity contribution in [2.75, 3.05) is 12.8 Å². The Hall–Kier alpha value is 0.340. The second-order valence-electron chi connectivity index (χ2n) is 11.7. The molecule has 5 atom stereocenters. The van der Waals surface area contributed by atoms with E-state index in [2.05, 4.69) is 55.4 Å². The fourth-order valence-corrected chi connectivity index (χ4v) is 9.67. The summed E-state index contributed by atoms with van der Waals surface area (Å²) in [7, 11) is -6.40.